The Labute approximate surface area is 130 Å². The highest BCUT2D eigenvalue weighted by atomic mass is 15.4. The molecule has 22 heavy (non-hydrogen) atoms. The second kappa shape index (κ2) is 6.68. The van der Waals surface area contributed by atoms with Crippen molar-refractivity contribution in [3.05, 3.63) is 90.0 Å². The molecule has 4 N–H and O–H groups in total. The van der Waals surface area contributed by atoms with Crippen LogP contribution in [-0.4, -0.2) is 0 Å². The van der Waals surface area contributed by atoms with Gasteiger partial charge in [0.25, 0.3) is 0 Å². The minimum atomic E-state index is 0.759. The van der Waals surface area contributed by atoms with Gasteiger partial charge in [0.1, 0.15) is 0 Å². The average molecular weight is 289 g/mol. The molecule has 3 nitrogen and oxygen atoms in total. The van der Waals surface area contributed by atoms with E-state index >= 15 is 0 Å². The minimum Gasteiger partial charge on any atom is -0.399 e. The van der Waals surface area contributed by atoms with E-state index in [4.69, 9.17) is 5.73 Å². The zero-order valence-corrected chi connectivity index (χ0v) is 12.3. The Balaban J connectivity index is 1.72. The van der Waals surface area contributed by atoms with E-state index in [1.54, 1.807) is 0 Å². The van der Waals surface area contributed by atoms with Crippen molar-refractivity contribution < 1.29 is 0 Å². The van der Waals surface area contributed by atoms with Crippen LogP contribution in [0.5, 0.6) is 0 Å². The molecule has 0 saturated heterocycles. The van der Waals surface area contributed by atoms with Gasteiger partial charge in [-0.2, -0.15) is 0 Å². The quantitative estimate of drug-likeness (QED) is 0.485. The van der Waals surface area contributed by atoms with E-state index < -0.39 is 0 Å². The van der Waals surface area contributed by atoms with Gasteiger partial charge in [-0.25, -0.2) is 0 Å². The van der Waals surface area contributed by atoms with Gasteiger partial charge in [0.2, 0.25) is 0 Å². The number of nitrogens with one attached hydrogen (secondary N) is 2. The number of benzene rings is 3. The number of rotatable bonds is 5. The van der Waals surface area contributed by atoms with Crippen LogP contribution in [-0.2, 0) is 6.42 Å². The van der Waals surface area contributed by atoms with Crippen LogP contribution in [0.2, 0.25) is 0 Å². The Kier molecular flexibility index (Phi) is 4.25. The SMILES string of the molecule is Nc1ccc(NNc2ccccc2Cc2ccccc2)cc1. The first-order chi connectivity index (χ1) is 10.8. The maximum Gasteiger partial charge on any atom is 0.0575 e. The van der Waals surface area contributed by atoms with E-state index in [-0.39, 0.29) is 0 Å². The lowest BCUT2D eigenvalue weighted by atomic mass is 10.0. The Morgan fingerprint density at radius 2 is 1.36 bits per heavy atom. The van der Waals surface area contributed by atoms with Crippen LogP contribution in [0, 0.1) is 0 Å². The van der Waals surface area contributed by atoms with Crippen molar-refractivity contribution in [3.63, 3.8) is 0 Å². The van der Waals surface area contributed by atoms with Crippen molar-refractivity contribution in [2.45, 2.75) is 6.42 Å². The summed E-state index contributed by atoms with van der Waals surface area (Å²) < 4.78 is 0. The van der Waals surface area contributed by atoms with Gasteiger partial charge in [-0.05, 0) is 47.9 Å². The van der Waals surface area contributed by atoms with Crippen LogP contribution in [0.25, 0.3) is 0 Å². The highest BCUT2D eigenvalue weighted by Crippen LogP contribution is 2.20. The molecule has 0 aliphatic rings. The molecule has 0 spiro atoms. The van der Waals surface area contributed by atoms with E-state index in [1.165, 1.54) is 11.1 Å². The highest BCUT2D eigenvalue weighted by molar-refractivity contribution is 5.59. The molecule has 0 bridgehead atoms. The van der Waals surface area contributed by atoms with E-state index in [0.29, 0.717) is 0 Å². The summed E-state index contributed by atoms with van der Waals surface area (Å²) in [5.74, 6) is 0. The molecule has 0 unspecified atom stereocenters. The van der Waals surface area contributed by atoms with Crippen LogP contribution in [0.3, 0.4) is 0 Å². The van der Waals surface area contributed by atoms with Gasteiger partial charge in [-0.1, -0.05) is 48.5 Å². The third-order valence-electron chi connectivity index (χ3n) is 3.51. The first-order valence-corrected chi connectivity index (χ1v) is 7.31. The summed E-state index contributed by atoms with van der Waals surface area (Å²) in [7, 11) is 0. The molecule has 0 fully saturated rings. The molecule has 3 heteroatoms. The fourth-order valence-corrected chi connectivity index (χ4v) is 2.32. The second-order valence-electron chi connectivity index (χ2n) is 5.19. The summed E-state index contributed by atoms with van der Waals surface area (Å²) in [5, 5.41) is 0. The van der Waals surface area contributed by atoms with Crippen molar-refractivity contribution >= 4 is 17.1 Å². The van der Waals surface area contributed by atoms with Gasteiger partial charge in [0.15, 0.2) is 0 Å². The monoisotopic (exact) mass is 289 g/mol. The fraction of sp³-hybridized carbons (Fsp3) is 0.0526. The van der Waals surface area contributed by atoms with Gasteiger partial charge in [0.05, 0.1) is 11.4 Å². The van der Waals surface area contributed by atoms with Crippen molar-refractivity contribution in [1.29, 1.82) is 0 Å². The van der Waals surface area contributed by atoms with Crippen molar-refractivity contribution in [1.82, 2.24) is 0 Å². The summed E-state index contributed by atoms with van der Waals surface area (Å²) in [6, 6.07) is 26.4. The van der Waals surface area contributed by atoms with E-state index in [1.807, 2.05) is 36.4 Å². The van der Waals surface area contributed by atoms with E-state index in [0.717, 1.165) is 23.5 Å². The standard InChI is InChI=1S/C19H19N3/c20-17-10-12-18(13-11-17)21-22-19-9-5-4-8-16(19)14-15-6-2-1-3-7-15/h1-13,21-22H,14,20H2. The molecular formula is C19H19N3. The Hall–Kier alpha value is -2.94. The number of hydrogen-bond acceptors (Lipinski definition) is 3. The predicted molar refractivity (Wildman–Crippen MR) is 93.8 cm³/mol. The Morgan fingerprint density at radius 3 is 2.14 bits per heavy atom. The van der Waals surface area contributed by atoms with E-state index in [2.05, 4.69) is 53.3 Å². The molecule has 3 aromatic rings. The van der Waals surface area contributed by atoms with Crippen molar-refractivity contribution in [2.24, 2.45) is 0 Å². The first kappa shape index (κ1) is 14.0. The van der Waals surface area contributed by atoms with Crippen molar-refractivity contribution in [3.8, 4) is 0 Å². The molecule has 3 rings (SSSR count). The van der Waals surface area contributed by atoms with Gasteiger partial charge in [0, 0.05) is 5.69 Å². The highest BCUT2D eigenvalue weighted by Gasteiger charge is 2.02. The first-order valence-electron chi connectivity index (χ1n) is 7.31. The van der Waals surface area contributed by atoms with Crippen molar-refractivity contribution in [2.75, 3.05) is 16.6 Å². The zero-order valence-electron chi connectivity index (χ0n) is 12.3. The number of nitrogens with two attached hydrogens (primary N) is 1. The maximum atomic E-state index is 5.70. The lowest BCUT2D eigenvalue weighted by Gasteiger charge is -2.14. The number of nitrogen functional groups attached to an aromatic ring is 1. The molecule has 0 atom stereocenters. The summed E-state index contributed by atoms with van der Waals surface area (Å²) in [6.45, 7) is 0. The summed E-state index contributed by atoms with van der Waals surface area (Å²) in [4.78, 5) is 0. The Morgan fingerprint density at radius 1 is 0.682 bits per heavy atom. The number of para-hydroxylation sites is 1. The number of anilines is 3. The lowest BCUT2D eigenvalue weighted by molar-refractivity contribution is 1.18. The maximum absolute atomic E-state index is 5.70. The largest absolute Gasteiger partial charge is 0.399 e. The molecule has 3 aromatic carbocycles. The van der Waals surface area contributed by atoms with Gasteiger partial charge >= 0.3 is 0 Å². The molecule has 0 saturated carbocycles. The Bertz CT molecular complexity index is 721. The van der Waals surface area contributed by atoms with Gasteiger partial charge in [-0.15, -0.1) is 0 Å². The molecule has 110 valence electrons. The van der Waals surface area contributed by atoms with Crippen LogP contribution in [0.15, 0.2) is 78.9 Å². The minimum absolute atomic E-state index is 0.759. The summed E-state index contributed by atoms with van der Waals surface area (Å²) in [5.41, 5.74) is 17.5. The van der Waals surface area contributed by atoms with Gasteiger partial charge < -0.3 is 16.6 Å². The van der Waals surface area contributed by atoms with Crippen LogP contribution < -0.4 is 16.6 Å². The number of hydrogen-bond donors (Lipinski definition) is 3. The molecule has 0 radical (unpaired) electrons. The third kappa shape index (κ3) is 3.58. The molecular weight excluding hydrogens is 270 g/mol. The predicted octanol–water partition coefficient (Wildman–Crippen LogP) is 4.30. The fourth-order valence-electron chi connectivity index (χ4n) is 2.32. The van der Waals surface area contributed by atoms with Crippen LogP contribution in [0.1, 0.15) is 11.1 Å². The summed E-state index contributed by atoms with van der Waals surface area (Å²) in [6.07, 6.45) is 0.896. The number of hydrazine groups is 1. The van der Waals surface area contributed by atoms with Gasteiger partial charge in [-0.3, -0.25) is 0 Å². The topological polar surface area (TPSA) is 50.1 Å². The molecule has 0 aliphatic carbocycles. The molecule has 0 aromatic heterocycles. The molecule has 0 heterocycles. The smallest absolute Gasteiger partial charge is 0.0575 e. The molecule has 0 aliphatic heterocycles. The summed E-state index contributed by atoms with van der Waals surface area (Å²) >= 11 is 0. The normalized spacial score (nSPS) is 10.2. The van der Waals surface area contributed by atoms with Crippen LogP contribution >= 0.6 is 0 Å². The molecule has 0 amide bonds. The van der Waals surface area contributed by atoms with Crippen LogP contribution in [0.4, 0.5) is 17.1 Å². The lowest BCUT2D eigenvalue weighted by Crippen LogP contribution is -2.10. The second-order valence-corrected chi connectivity index (χ2v) is 5.19. The van der Waals surface area contributed by atoms with E-state index in [9.17, 15) is 0 Å². The zero-order chi connectivity index (χ0) is 15.2. The third-order valence-corrected chi connectivity index (χ3v) is 3.51. The average Bonchev–Trinajstić information content (AvgIpc) is 2.56.